The molecule has 2 rings (SSSR count). The number of hydrogen-bond acceptors (Lipinski definition) is 6. The maximum atomic E-state index is 13.4. The van der Waals surface area contributed by atoms with Gasteiger partial charge in [0.2, 0.25) is 0 Å². The summed E-state index contributed by atoms with van der Waals surface area (Å²) >= 11 is 0. The molecule has 30 heavy (non-hydrogen) atoms. The zero-order chi connectivity index (χ0) is 22.9. The van der Waals surface area contributed by atoms with E-state index in [1.54, 1.807) is 0 Å². The van der Waals surface area contributed by atoms with E-state index in [2.05, 4.69) is 9.72 Å². The van der Waals surface area contributed by atoms with Gasteiger partial charge in [-0.15, -0.1) is 0 Å². The zero-order valence-electron chi connectivity index (χ0n) is 15.2. The van der Waals surface area contributed by atoms with Crippen LogP contribution in [0.15, 0.2) is 24.3 Å². The third-order valence-electron chi connectivity index (χ3n) is 3.61. The van der Waals surface area contributed by atoms with E-state index in [1.165, 1.54) is 13.8 Å². The lowest BCUT2D eigenvalue weighted by Gasteiger charge is -2.18. The highest BCUT2D eigenvalue weighted by Gasteiger charge is 2.44. The molecule has 1 aromatic carbocycles. The number of carbonyl (C=O) groups is 1. The summed E-state index contributed by atoms with van der Waals surface area (Å²) in [5, 5.41) is 10.9. The second-order valence-electron chi connectivity index (χ2n) is 5.75. The molecule has 1 heterocycles. The zero-order valence-corrected chi connectivity index (χ0v) is 15.2. The number of aryl methyl sites for hydroxylation is 1. The van der Waals surface area contributed by atoms with Crippen LogP contribution in [0.4, 0.5) is 32.0 Å². The number of alkyl halides is 6. The predicted molar refractivity (Wildman–Crippen MR) is 88.1 cm³/mol. The van der Waals surface area contributed by atoms with Crippen LogP contribution < -0.4 is 4.74 Å². The summed E-state index contributed by atoms with van der Waals surface area (Å²) in [6.45, 7) is 2.20. The van der Waals surface area contributed by atoms with Crippen molar-refractivity contribution < 1.29 is 45.5 Å². The van der Waals surface area contributed by atoms with Crippen molar-refractivity contribution in [1.82, 2.24) is 4.98 Å². The van der Waals surface area contributed by atoms with Crippen molar-refractivity contribution in [2.75, 3.05) is 6.61 Å². The van der Waals surface area contributed by atoms with Crippen LogP contribution in [0.3, 0.4) is 0 Å². The van der Waals surface area contributed by atoms with Gasteiger partial charge in [-0.2, -0.15) is 26.3 Å². The summed E-state index contributed by atoms with van der Waals surface area (Å²) in [6, 6.07) is 3.05. The molecule has 0 aliphatic heterocycles. The van der Waals surface area contributed by atoms with E-state index in [0.717, 1.165) is 18.2 Å². The average molecular weight is 438 g/mol. The maximum Gasteiger partial charge on any atom is 0.434 e. The molecule has 0 saturated heterocycles. The number of nitro benzene ring substituents is 1. The van der Waals surface area contributed by atoms with Crippen molar-refractivity contribution in [3.8, 4) is 11.5 Å². The Morgan fingerprint density at radius 1 is 1.13 bits per heavy atom. The van der Waals surface area contributed by atoms with Gasteiger partial charge in [0, 0.05) is 17.7 Å². The Balaban J connectivity index is 2.73. The third-order valence-corrected chi connectivity index (χ3v) is 3.61. The number of hydrogen-bond donors (Lipinski definition) is 0. The number of aromatic nitrogens is 1. The molecule has 2 aromatic rings. The number of nitro groups is 1. The fraction of sp³-hybridized carbons (Fsp3) is 0.294. The normalized spacial score (nSPS) is 11.9. The van der Waals surface area contributed by atoms with E-state index >= 15 is 0 Å². The number of esters is 1. The van der Waals surface area contributed by atoms with Gasteiger partial charge in [0.05, 0.1) is 11.5 Å². The van der Waals surface area contributed by atoms with Crippen LogP contribution in [0, 0.1) is 17.0 Å². The Kier molecular flexibility index (Phi) is 6.23. The average Bonchev–Trinajstić information content (AvgIpc) is 2.59. The molecule has 0 fully saturated rings. The Bertz CT molecular complexity index is 988. The van der Waals surface area contributed by atoms with Gasteiger partial charge in [0.15, 0.2) is 5.69 Å². The van der Waals surface area contributed by atoms with Gasteiger partial charge in [-0.25, -0.2) is 9.78 Å². The van der Waals surface area contributed by atoms with Gasteiger partial charge in [-0.3, -0.25) is 10.1 Å². The fourth-order valence-electron chi connectivity index (χ4n) is 2.38. The van der Waals surface area contributed by atoms with E-state index in [4.69, 9.17) is 4.74 Å². The second kappa shape index (κ2) is 8.16. The molecule has 0 saturated carbocycles. The minimum absolute atomic E-state index is 0.0244. The molecule has 0 bridgehead atoms. The lowest BCUT2D eigenvalue weighted by Crippen LogP contribution is -2.21. The summed E-state index contributed by atoms with van der Waals surface area (Å²) in [5.41, 5.74) is -5.76. The number of ether oxygens (including phenoxy) is 2. The van der Waals surface area contributed by atoms with Crippen molar-refractivity contribution in [3.63, 3.8) is 0 Å². The molecule has 0 atom stereocenters. The number of carbonyl (C=O) groups excluding carboxylic acids is 1. The first-order chi connectivity index (χ1) is 13.8. The highest BCUT2D eigenvalue weighted by Crippen LogP contribution is 2.41. The van der Waals surface area contributed by atoms with E-state index in [1.807, 2.05) is 0 Å². The molecule has 0 aliphatic rings. The summed E-state index contributed by atoms with van der Waals surface area (Å²) in [7, 11) is 0. The molecule has 0 unspecified atom stereocenters. The first-order valence-corrected chi connectivity index (χ1v) is 8.05. The Morgan fingerprint density at radius 2 is 1.77 bits per heavy atom. The Morgan fingerprint density at radius 3 is 2.23 bits per heavy atom. The van der Waals surface area contributed by atoms with Crippen molar-refractivity contribution in [1.29, 1.82) is 0 Å². The predicted octanol–water partition coefficient (Wildman–Crippen LogP) is 5.30. The molecule has 0 amide bonds. The highest BCUT2D eigenvalue weighted by molar-refractivity contribution is 5.94. The number of rotatable bonds is 5. The van der Waals surface area contributed by atoms with E-state index in [0.29, 0.717) is 0 Å². The molecule has 0 N–H and O–H groups in total. The van der Waals surface area contributed by atoms with Gasteiger partial charge in [-0.1, -0.05) is 0 Å². The van der Waals surface area contributed by atoms with Crippen molar-refractivity contribution in [2.45, 2.75) is 26.2 Å². The lowest BCUT2D eigenvalue weighted by molar-refractivity contribution is -0.385. The highest BCUT2D eigenvalue weighted by atomic mass is 19.4. The van der Waals surface area contributed by atoms with Crippen LogP contribution in [0.2, 0.25) is 0 Å². The van der Waals surface area contributed by atoms with Crippen LogP contribution in [0.5, 0.6) is 11.5 Å². The molecule has 13 heteroatoms. The Labute approximate surface area is 164 Å². The first kappa shape index (κ1) is 22.9. The molecule has 7 nitrogen and oxygen atoms in total. The van der Waals surface area contributed by atoms with Gasteiger partial charge in [-0.05, 0) is 26.0 Å². The monoisotopic (exact) mass is 438 g/mol. The lowest BCUT2D eigenvalue weighted by atomic mass is 10.1. The first-order valence-electron chi connectivity index (χ1n) is 8.05. The topological polar surface area (TPSA) is 91.6 Å². The third kappa shape index (κ3) is 4.96. The minimum atomic E-state index is -5.44. The fourth-order valence-corrected chi connectivity index (χ4v) is 2.38. The SMILES string of the molecule is CCOC(=O)c1c(Oc2ccc([N+](=O)[O-])c(C)c2)cc(C(F)(F)F)nc1C(F)(F)F. The largest absolute Gasteiger partial charge is 0.462 e. The molecular formula is C17H12F6N2O5. The smallest absolute Gasteiger partial charge is 0.434 e. The van der Waals surface area contributed by atoms with Crippen LogP contribution in [-0.2, 0) is 17.1 Å². The minimum Gasteiger partial charge on any atom is -0.462 e. The van der Waals surface area contributed by atoms with Crippen LogP contribution in [-0.4, -0.2) is 22.5 Å². The van der Waals surface area contributed by atoms with Gasteiger partial charge in [0.25, 0.3) is 5.69 Å². The Hall–Kier alpha value is -3.38. The summed E-state index contributed by atoms with van der Waals surface area (Å²) < 4.78 is 89.0. The van der Waals surface area contributed by atoms with Crippen molar-refractivity contribution in [2.24, 2.45) is 0 Å². The molecule has 162 valence electrons. The maximum absolute atomic E-state index is 13.4. The summed E-state index contributed by atoms with van der Waals surface area (Å²) in [5.74, 6) is -3.05. The molecule has 1 aromatic heterocycles. The standard InChI is InChI=1S/C17H12F6N2O5/c1-3-29-15(26)13-11(30-9-4-5-10(25(27)28)8(2)6-9)7-12(16(18,19)20)24-14(13)17(21,22)23/h4-7H,3H2,1-2H3. The van der Waals surface area contributed by atoms with E-state index in [9.17, 15) is 41.3 Å². The molecule has 0 aliphatic carbocycles. The summed E-state index contributed by atoms with van der Waals surface area (Å²) in [4.78, 5) is 24.8. The molecular weight excluding hydrogens is 426 g/mol. The number of benzene rings is 1. The second-order valence-corrected chi connectivity index (χ2v) is 5.75. The van der Waals surface area contributed by atoms with Gasteiger partial charge < -0.3 is 9.47 Å². The van der Waals surface area contributed by atoms with E-state index in [-0.39, 0.29) is 29.7 Å². The van der Waals surface area contributed by atoms with Crippen molar-refractivity contribution >= 4 is 11.7 Å². The van der Waals surface area contributed by atoms with Gasteiger partial charge >= 0.3 is 18.3 Å². The quantitative estimate of drug-likeness (QED) is 0.272. The van der Waals surface area contributed by atoms with Crippen molar-refractivity contribution in [3.05, 3.63) is 56.9 Å². The molecule has 0 radical (unpaired) electrons. The number of nitrogens with zero attached hydrogens (tertiary/aromatic N) is 2. The summed E-state index contributed by atoms with van der Waals surface area (Å²) in [6.07, 6.45) is -10.7. The van der Waals surface area contributed by atoms with Gasteiger partial charge in [0.1, 0.15) is 22.8 Å². The molecule has 0 spiro atoms. The van der Waals surface area contributed by atoms with Crippen LogP contribution >= 0.6 is 0 Å². The van der Waals surface area contributed by atoms with Crippen LogP contribution in [0.25, 0.3) is 0 Å². The number of pyridine rings is 1. The van der Waals surface area contributed by atoms with Crippen LogP contribution in [0.1, 0.15) is 34.2 Å². The number of halogens is 6. The van der Waals surface area contributed by atoms with E-state index < -0.39 is 45.9 Å².